The van der Waals surface area contributed by atoms with Gasteiger partial charge in [0, 0.05) is 24.5 Å². The van der Waals surface area contributed by atoms with Gasteiger partial charge in [-0.2, -0.15) is 0 Å². The van der Waals surface area contributed by atoms with E-state index >= 15 is 0 Å². The number of hydrogen-bond acceptors (Lipinski definition) is 5. The molecule has 0 saturated carbocycles. The zero-order valence-electron chi connectivity index (χ0n) is 10.3. The van der Waals surface area contributed by atoms with Crippen molar-refractivity contribution < 1.29 is 15.0 Å². The van der Waals surface area contributed by atoms with Crippen LogP contribution in [-0.2, 0) is 11.2 Å². The molecule has 1 aromatic heterocycles. The van der Waals surface area contributed by atoms with Crippen molar-refractivity contribution in [3.05, 3.63) is 22.4 Å². The van der Waals surface area contributed by atoms with Crippen molar-refractivity contribution in [2.24, 2.45) is 0 Å². The van der Waals surface area contributed by atoms with Crippen molar-refractivity contribution in [3.63, 3.8) is 0 Å². The van der Waals surface area contributed by atoms with Gasteiger partial charge in [0.05, 0.1) is 19.8 Å². The Morgan fingerprint density at radius 2 is 2.06 bits per heavy atom. The number of hydrogen-bond donors (Lipinski definition) is 3. The first-order valence-electron chi connectivity index (χ1n) is 5.99. The van der Waals surface area contributed by atoms with Crippen LogP contribution in [0.4, 0.5) is 0 Å². The molecule has 0 fully saturated rings. The summed E-state index contributed by atoms with van der Waals surface area (Å²) in [5.74, 6) is -0.0755. The van der Waals surface area contributed by atoms with Crippen LogP contribution in [-0.4, -0.2) is 60.4 Å². The molecule has 1 amide bonds. The SMILES string of the molecule is O=C(CN(CCO)CCO)NCCc1cccs1. The van der Waals surface area contributed by atoms with Gasteiger partial charge in [0.1, 0.15) is 0 Å². The Hall–Kier alpha value is -0.950. The van der Waals surface area contributed by atoms with E-state index in [9.17, 15) is 4.79 Å². The van der Waals surface area contributed by atoms with Gasteiger partial charge in [0.25, 0.3) is 0 Å². The Labute approximate surface area is 111 Å². The fourth-order valence-electron chi connectivity index (χ4n) is 1.59. The number of amides is 1. The Balaban J connectivity index is 2.18. The first-order valence-corrected chi connectivity index (χ1v) is 6.87. The zero-order chi connectivity index (χ0) is 13.2. The average Bonchev–Trinajstić information content (AvgIpc) is 2.82. The number of rotatable bonds is 9. The van der Waals surface area contributed by atoms with Gasteiger partial charge in [-0.1, -0.05) is 6.07 Å². The molecule has 1 heterocycles. The molecular formula is C12H20N2O3S. The third-order valence-electron chi connectivity index (χ3n) is 2.47. The van der Waals surface area contributed by atoms with Crippen LogP contribution in [0.3, 0.4) is 0 Å². The Kier molecular flexibility index (Phi) is 7.59. The summed E-state index contributed by atoms with van der Waals surface area (Å²) in [5.41, 5.74) is 0. The van der Waals surface area contributed by atoms with Gasteiger partial charge >= 0.3 is 0 Å². The Morgan fingerprint density at radius 3 is 2.61 bits per heavy atom. The molecule has 18 heavy (non-hydrogen) atoms. The smallest absolute Gasteiger partial charge is 0.234 e. The second kappa shape index (κ2) is 9.04. The molecule has 3 N–H and O–H groups in total. The minimum atomic E-state index is -0.0755. The quantitative estimate of drug-likeness (QED) is 0.577. The van der Waals surface area contributed by atoms with Gasteiger partial charge in [-0.05, 0) is 17.9 Å². The molecule has 0 aliphatic rings. The predicted octanol–water partition coefficient (Wildman–Crippen LogP) is -0.307. The van der Waals surface area contributed by atoms with Crippen molar-refractivity contribution in [3.8, 4) is 0 Å². The van der Waals surface area contributed by atoms with Gasteiger partial charge in [-0.15, -0.1) is 11.3 Å². The summed E-state index contributed by atoms with van der Waals surface area (Å²) in [6.07, 6.45) is 0.837. The van der Waals surface area contributed by atoms with Crippen LogP contribution in [0.5, 0.6) is 0 Å². The molecule has 0 bridgehead atoms. The van der Waals surface area contributed by atoms with Gasteiger partial charge < -0.3 is 15.5 Å². The topological polar surface area (TPSA) is 72.8 Å². The average molecular weight is 272 g/mol. The van der Waals surface area contributed by atoms with Crippen LogP contribution in [0, 0.1) is 0 Å². The van der Waals surface area contributed by atoms with E-state index in [1.807, 2.05) is 17.5 Å². The lowest BCUT2D eigenvalue weighted by atomic mass is 10.3. The van der Waals surface area contributed by atoms with E-state index in [4.69, 9.17) is 10.2 Å². The van der Waals surface area contributed by atoms with Gasteiger partial charge in [-0.25, -0.2) is 0 Å². The van der Waals surface area contributed by atoms with E-state index < -0.39 is 0 Å². The lowest BCUT2D eigenvalue weighted by Crippen LogP contribution is -2.40. The second-order valence-electron chi connectivity index (χ2n) is 3.90. The molecule has 0 spiro atoms. The number of nitrogens with zero attached hydrogens (tertiary/aromatic N) is 1. The lowest BCUT2D eigenvalue weighted by Gasteiger charge is -2.19. The van der Waals surface area contributed by atoms with Crippen molar-refractivity contribution >= 4 is 17.2 Å². The predicted molar refractivity (Wildman–Crippen MR) is 71.6 cm³/mol. The minimum Gasteiger partial charge on any atom is -0.395 e. The third-order valence-corrected chi connectivity index (χ3v) is 3.41. The first-order chi connectivity index (χ1) is 8.76. The summed E-state index contributed by atoms with van der Waals surface area (Å²) in [5, 5.41) is 22.5. The van der Waals surface area contributed by atoms with E-state index in [1.54, 1.807) is 16.2 Å². The molecular weight excluding hydrogens is 252 g/mol. The third kappa shape index (κ3) is 6.11. The van der Waals surface area contributed by atoms with Crippen LogP contribution < -0.4 is 5.32 Å². The number of carbonyl (C=O) groups is 1. The molecule has 0 aromatic carbocycles. The fourth-order valence-corrected chi connectivity index (χ4v) is 2.30. The lowest BCUT2D eigenvalue weighted by molar-refractivity contribution is -0.122. The first kappa shape index (κ1) is 15.1. The largest absolute Gasteiger partial charge is 0.395 e. The van der Waals surface area contributed by atoms with Crippen LogP contribution in [0.2, 0.25) is 0 Å². The number of aliphatic hydroxyl groups excluding tert-OH is 2. The van der Waals surface area contributed by atoms with Gasteiger partial charge in [-0.3, -0.25) is 9.69 Å². The number of nitrogens with one attached hydrogen (secondary N) is 1. The summed E-state index contributed by atoms with van der Waals surface area (Å²) < 4.78 is 0. The van der Waals surface area contributed by atoms with Crippen molar-refractivity contribution in [2.45, 2.75) is 6.42 Å². The maximum absolute atomic E-state index is 11.6. The van der Waals surface area contributed by atoms with Crippen LogP contribution in [0.15, 0.2) is 17.5 Å². The number of thiophene rings is 1. The maximum Gasteiger partial charge on any atom is 0.234 e. The van der Waals surface area contributed by atoms with Crippen LogP contribution in [0.25, 0.3) is 0 Å². The molecule has 1 rings (SSSR count). The van der Waals surface area contributed by atoms with Crippen LogP contribution in [0.1, 0.15) is 4.88 Å². The highest BCUT2D eigenvalue weighted by Crippen LogP contribution is 2.07. The molecule has 0 atom stereocenters. The van der Waals surface area contributed by atoms with Gasteiger partial charge in [0.15, 0.2) is 0 Å². The van der Waals surface area contributed by atoms with E-state index in [1.165, 1.54) is 4.88 Å². The monoisotopic (exact) mass is 272 g/mol. The van der Waals surface area contributed by atoms with E-state index in [0.717, 1.165) is 6.42 Å². The number of aliphatic hydroxyl groups is 2. The zero-order valence-corrected chi connectivity index (χ0v) is 11.2. The van der Waals surface area contributed by atoms with E-state index in [-0.39, 0.29) is 25.7 Å². The molecule has 0 saturated heterocycles. The highest BCUT2D eigenvalue weighted by Gasteiger charge is 2.09. The van der Waals surface area contributed by atoms with E-state index in [0.29, 0.717) is 19.6 Å². The van der Waals surface area contributed by atoms with E-state index in [2.05, 4.69) is 5.32 Å². The molecule has 6 heteroatoms. The standard InChI is InChI=1S/C12H20N2O3S/c15-7-5-14(6-8-16)10-12(17)13-4-3-11-2-1-9-18-11/h1-2,9,15-16H,3-8,10H2,(H,13,17). The second-order valence-corrected chi connectivity index (χ2v) is 4.93. The molecule has 5 nitrogen and oxygen atoms in total. The summed E-state index contributed by atoms with van der Waals surface area (Å²) in [4.78, 5) is 14.6. The molecule has 0 aliphatic carbocycles. The summed E-state index contributed by atoms with van der Waals surface area (Å²) in [7, 11) is 0. The van der Waals surface area contributed by atoms with Crippen LogP contribution >= 0.6 is 11.3 Å². The normalized spacial score (nSPS) is 10.8. The molecule has 102 valence electrons. The molecule has 0 unspecified atom stereocenters. The Bertz CT molecular complexity index is 324. The summed E-state index contributed by atoms with van der Waals surface area (Å²) in [6, 6.07) is 4.03. The minimum absolute atomic E-state index is 0.0114. The van der Waals surface area contributed by atoms with Crippen molar-refractivity contribution in [1.29, 1.82) is 0 Å². The molecule has 0 aliphatic heterocycles. The highest BCUT2D eigenvalue weighted by molar-refractivity contribution is 7.09. The maximum atomic E-state index is 11.6. The summed E-state index contributed by atoms with van der Waals surface area (Å²) >= 11 is 1.68. The van der Waals surface area contributed by atoms with Crippen molar-refractivity contribution in [2.75, 3.05) is 39.4 Å². The van der Waals surface area contributed by atoms with Gasteiger partial charge in [0.2, 0.25) is 5.91 Å². The highest BCUT2D eigenvalue weighted by atomic mass is 32.1. The van der Waals surface area contributed by atoms with Crippen molar-refractivity contribution in [1.82, 2.24) is 10.2 Å². The molecule has 0 radical (unpaired) electrons. The Morgan fingerprint density at radius 1 is 1.33 bits per heavy atom. The summed E-state index contributed by atoms with van der Waals surface area (Å²) in [6.45, 7) is 1.61. The molecule has 1 aromatic rings. The fraction of sp³-hybridized carbons (Fsp3) is 0.583. The number of carbonyl (C=O) groups excluding carboxylic acids is 1.